The van der Waals surface area contributed by atoms with Crippen molar-refractivity contribution in [3.63, 3.8) is 0 Å². The van der Waals surface area contributed by atoms with Gasteiger partial charge >= 0.3 is 0 Å². The van der Waals surface area contributed by atoms with Gasteiger partial charge in [-0.3, -0.25) is 0 Å². The van der Waals surface area contributed by atoms with Crippen molar-refractivity contribution in [2.75, 3.05) is 18.0 Å². The molecule has 1 unspecified atom stereocenters. The molecule has 0 spiro atoms. The van der Waals surface area contributed by atoms with E-state index in [-0.39, 0.29) is 0 Å². The van der Waals surface area contributed by atoms with Gasteiger partial charge in [0.25, 0.3) is 0 Å². The van der Waals surface area contributed by atoms with Crippen molar-refractivity contribution >= 4 is 33.0 Å². The van der Waals surface area contributed by atoms with Crippen LogP contribution in [0.25, 0.3) is 16.2 Å². The Hall–Kier alpha value is -2.45. The Bertz CT molecular complexity index is 1070. The van der Waals surface area contributed by atoms with Crippen LogP contribution >= 0.6 is 22.9 Å². The molecule has 0 amide bonds. The summed E-state index contributed by atoms with van der Waals surface area (Å²) >= 11 is 7.61. The smallest absolute Gasteiger partial charge is 0.214 e. The number of benzene rings is 1. The van der Waals surface area contributed by atoms with Gasteiger partial charge in [0.1, 0.15) is 12.2 Å². The molecule has 1 aliphatic rings. The molecule has 1 atom stereocenters. The average molecular weight is 414 g/mol. The van der Waals surface area contributed by atoms with Gasteiger partial charge in [-0.05, 0) is 31.9 Å². The van der Waals surface area contributed by atoms with Crippen LogP contribution in [0.4, 0.5) is 5.13 Å². The summed E-state index contributed by atoms with van der Waals surface area (Å²) in [5, 5.41) is 15.0. The maximum atomic E-state index is 5.98. The van der Waals surface area contributed by atoms with E-state index < -0.39 is 0 Å². The molecule has 0 N–H and O–H groups in total. The van der Waals surface area contributed by atoms with Crippen LogP contribution in [0.2, 0.25) is 5.02 Å². The summed E-state index contributed by atoms with van der Waals surface area (Å²) in [7, 11) is 0. The number of rotatable bonds is 4. The third kappa shape index (κ3) is 3.16. The van der Waals surface area contributed by atoms with E-state index >= 15 is 0 Å². The Morgan fingerprint density at radius 3 is 2.89 bits per heavy atom. The minimum atomic E-state index is 0.386. The molecule has 1 fully saturated rings. The van der Waals surface area contributed by atoms with Crippen LogP contribution in [0, 0.1) is 0 Å². The van der Waals surface area contributed by atoms with Crippen LogP contribution in [-0.4, -0.2) is 42.5 Å². The highest BCUT2D eigenvalue weighted by Gasteiger charge is 2.27. The lowest BCUT2D eigenvalue weighted by molar-refractivity contribution is 0.472. The fourth-order valence-electron chi connectivity index (χ4n) is 3.76. The second kappa shape index (κ2) is 7.18. The molecule has 9 heteroatoms. The van der Waals surface area contributed by atoms with Gasteiger partial charge in [-0.25, -0.2) is 9.50 Å². The first-order valence-electron chi connectivity index (χ1n) is 9.46. The second-order valence-corrected chi connectivity index (χ2v) is 8.38. The molecule has 7 nitrogen and oxygen atoms in total. The predicted molar refractivity (Wildman–Crippen MR) is 111 cm³/mol. The number of piperidine rings is 1. The first kappa shape index (κ1) is 17.6. The largest absolute Gasteiger partial charge is 0.346 e. The third-order valence-electron chi connectivity index (χ3n) is 5.22. The monoisotopic (exact) mass is 413 g/mol. The number of nitrogens with zero attached hydrogens (tertiary/aromatic N) is 7. The SMILES string of the molecule is CCn1cnnc1C1CCCN(c2nn3cc(-c4ccc(Cl)cc4)nc3s2)C1. The molecular weight excluding hydrogens is 394 g/mol. The normalized spacial score (nSPS) is 17.5. The van der Waals surface area contributed by atoms with E-state index in [4.69, 9.17) is 21.7 Å². The number of aryl methyl sites for hydroxylation is 1. The van der Waals surface area contributed by atoms with E-state index in [0.29, 0.717) is 5.92 Å². The van der Waals surface area contributed by atoms with Crippen LogP contribution in [0.5, 0.6) is 0 Å². The average Bonchev–Trinajstić information content (AvgIpc) is 3.43. The van der Waals surface area contributed by atoms with Crippen LogP contribution in [0.3, 0.4) is 0 Å². The molecule has 0 aliphatic carbocycles. The van der Waals surface area contributed by atoms with Gasteiger partial charge in [-0.1, -0.05) is 35.1 Å². The predicted octanol–water partition coefficient (Wildman–Crippen LogP) is 4.11. The summed E-state index contributed by atoms with van der Waals surface area (Å²) in [6, 6.07) is 7.72. The van der Waals surface area contributed by atoms with E-state index in [9.17, 15) is 0 Å². The van der Waals surface area contributed by atoms with E-state index in [1.54, 1.807) is 11.3 Å². The maximum Gasteiger partial charge on any atom is 0.214 e. The molecule has 3 aromatic heterocycles. The number of hydrogen-bond donors (Lipinski definition) is 0. The Labute approximate surface area is 171 Å². The number of aromatic nitrogens is 6. The van der Waals surface area contributed by atoms with Crippen molar-refractivity contribution < 1.29 is 0 Å². The van der Waals surface area contributed by atoms with Crippen molar-refractivity contribution in [1.82, 2.24) is 29.4 Å². The Kier molecular flexibility index (Phi) is 4.52. The zero-order valence-electron chi connectivity index (χ0n) is 15.5. The number of imidazole rings is 1. The quantitative estimate of drug-likeness (QED) is 0.503. The van der Waals surface area contributed by atoms with Crippen molar-refractivity contribution in [2.45, 2.75) is 32.2 Å². The number of hydrogen-bond acceptors (Lipinski definition) is 6. The summed E-state index contributed by atoms with van der Waals surface area (Å²) < 4.78 is 4.02. The third-order valence-corrected chi connectivity index (χ3v) is 6.45. The van der Waals surface area contributed by atoms with Crippen LogP contribution in [0.1, 0.15) is 31.5 Å². The van der Waals surface area contributed by atoms with E-state index in [1.165, 1.54) is 0 Å². The molecular formula is C19H20ClN7S. The van der Waals surface area contributed by atoms with Crippen molar-refractivity contribution in [1.29, 1.82) is 0 Å². The summed E-state index contributed by atoms with van der Waals surface area (Å²) in [4.78, 5) is 8.00. The standard InChI is InChI=1S/C19H20ClN7S/c1-2-25-12-21-23-17(25)14-4-3-9-26(10-14)19-24-27-11-16(22-18(27)28-19)13-5-7-15(20)8-6-13/h5-8,11-12,14H,2-4,9-10H2,1H3. The van der Waals surface area contributed by atoms with Gasteiger partial charge in [-0.2, -0.15) is 0 Å². The maximum absolute atomic E-state index is 5.98. The highest BCUT2D eigenvalue weighted by atomic mass is 35.5. The van der Waals surface area contributed by atoms with Crippen molar-refractivity contribution in [3.05, 3.63) is 47.6 Å². The highest BCUT2D eigenvalue weighted by molar-refractivity contribution is 7.20. The van der Waals surface area contributed by atoms with Gasteiger partial charge in [0.15, 0.2) is 0 Å². The van der Waals surface area contributed by atoms with E-state index in [0.717, 1.165) is 64.7 Å². The molecule has 5 rings (SSSR count). The number of halogens is 1. The topological polar surface area (TPSA) is 64.1 Å². The van der Waals surface area contributed by atoms with Crippen LogP contribution < -0.4 is 4.90 Å². The fraction of sp³-hybridized carbons (Fsp3) is 0.368. The van der Waals surface area contributed by atoms with Crippen molar-refractivity contribution in [2.24, 2.45) is 0 Å². The molecule has 0 radical (unpaired) electrons. The molecule has 4 heterocycles. The zero-order chi connectivity index (χ0) is 19.1. The minimum absolute atomic E-state index is 0.386. The van der Waals surface area contributed by atoms with Gasteiger partial charge in [0.05, 0.1) is 11.9 Å². The molecule has 1 aromatic carbocycles. The lowest BCUT2D eigenvalue weighted by Gasteiger charge is -2.31. The zero-order valence-corrected chi connectivity index (χ0v) is 17.1. The van der Waals surface area contributed by atoms with Gasteiger partial charge in [-0.15, -0.1) is 15.3 Å². The molecule has 28 heavy (non-hydrogen) atoms. The Morgan fingerprint density at radius 2 is 2.11 bits per heavy atom. The summed E-state index contributed by atoms with van der Waals surface area (Å²) in [5.41, 5.74) is 1.95. The Balaban J connectivity index is 1.38. The van der Waals surface area contributed by atoms with Crippen LogP contribution in [-0.2, 0) is 6.54 Å². The summed E-state index contributed by atoms with van der Waals surface area (Å²) in [6.45, 7) is 4.95. The van der Waals surface area contributed by atoms with E-state index in [1.807, 2.05) is 41.3 Å². The number of fused-ring (bicyclic) bond motifs is 1. The highest BCUT2D eigenvalue weighted by Crippen LogP contribution is 2.32. The molecule has 0 saturated carbocycles. The lowest BCUT2D eigenvalue weighted by Crippen LogP contribution is -2.35. The van der Waals surface area contributed by atoms with Crippen LogP contribution in [0.15, 0.2) is 36.8 Å². The first-order valence-corrected chi connectivity index (χ1v) is 10.7. The molecule has 0 bridgehead atoms. The fourth-order valence-corrected chi connectivity index (χ4v) is 4.81. The van der Waals surface area contributed by atoms with Gasteiger partial charge in [0, 0.05) is 36.1 Å². The van der Waals surface area contributed by atoms with Gasteiger partial charge in [0.2, 0.25) is 10.1 Å². The minimum Gasteiger partial charge on any atom is -0.346 e. The van der Waals surface area contributed by atoms with E-state index in [2.05, 4.69) is 26.6 Å². The molecule has 4 aromatic rings. The first-order chi connectivity index (χ1) is 13.7. The Morgan fingerprint density at radius 1 is 1.25 bits per heavy atom. The summed E-state index contributed by atoms with van der Waals surface area (Å²) in [6.07, 6.45) is 6.06. The summed E-state index contributed by atoms with van der Waals surface area (Å²) in [5.74, 6) is 1.47. The second-order valence-electron chi connectivity index (χ2n) is 7.01. The molecule has 1 aliphatic heterocycles. The molecule has 144 valence electrons. The van der Waals surface area contributed by atoms with Gasteiger partial charge < -0.3 is 9.47 Å². The number of anilines is 1. The lowest BCUT2D eigenvalue weighted by atomic mass is 9.97. The molecule has 1 saturated heterocycles. The van der Waals surface area contributed by atoms with Crippen molar-refractivity contribution in [3.8, 4) is 11.3 Å².